The molecule has 168 valence electrons. The van der Waals surface area contributed by atoms with Crippen molar-refractivity contribution in [2.75, 3.05) is 17.6 Å². The van der Waals surface area contributed by atoms with E-state index in [0.29, 0.717) is 22.6 Å². The maximum atomic E-state index is 12.4. The van der Waals surface area contributed by atoms with E-state index >= 15 is 0 Å². The second-order valence-electron chi connectivity index (χ2n) is 6.81. The zero-order valence-corrected chi connectivity index (χ0v) is 19.1. The van der Waals surface area contributed by atoms with Gasteiger partial charge in [-0.1, -0.05) is 30.0 Å². The minimum Gasteiger partial charge on any atom is -0.497 e. The summed E-state index contributed by atoms with van der Waals surface area (Å²) in [4.78, 5) is 12.5. The van der Waals surface area contributed by atoms with E-state index in [9.17, 15) is 13.2 Å². The molecule has 0 bridgehead atoms. The number of anilines is 1. The number of carbonyl (C=O) groups excluding carboxylic acids is 1. The maximum Gasteiger partial charge on any atom is 0.277 e. The fourth-order valence-electron chi connectivity index (χ4n) is 2.87. The zero-order valence-electron chi connectivity index (χ0n) is 17.5. The Kier molecular flexibility index (Phi) is 6.76. The van der Waals surface area contributed by atoms with Crippen molar-refractivity contribution >= 4 is 33.3 Å². The molecular formula is C23H19N3O5S2. The molecule has 0 aliphatic rings. The molecule has 4 rings (SSSR count). The number of methoxy groups -OCH3 is 1. The molecule has 8 nitrogen and oxygen atoms in total. The van der Waals surface area contributed by atoms with E-state index in [4.69, 9.17) is 9.15 Å². The normalized spacial score (nSPS) is 11.2. The molecule has 0 aliphatic heterocycles. The van der Waals surface area contributed by atoms with E-state index < -0.39 is 10.0 Å². The molecule has 1 N–H and O–H groups in total. The van der Waals surface area contributed by atoms with Crippen LogP contribution >= 0.6 is 11.8 Å². The van der Waals surface area contributed by atoms with Gasteiger partial charge in [-0.3, -0.25) is 9.52 Å². The Morgan fingerprint density at radius 1 is 0.970 bits per heavy atom. The molecule has 0 unspecified atom stereocenters. The first-order valence-corrected chi connectivity index (χ1v) is 12.2. The van der Waals surface area contributed by atoms with Crippen LogP contribution in [0.1, 0.15) is 10.4 Å². The second kappa shape index (κ2) is 9.88. The van der Waals surface area contributed by atoms with Crippen LogP contribution in [0.3, 0.4) is 0 Å². The predicted octanol–water partition coefficient (Wildman–Crippen LogP) is 4.52. The van der Waals surface area contributed by atoms with Gasteiger partial charge in [0, 0.05) is 16.8 Å². The molecule has 1 aromatic heterocycles. The quantitative estimate of drug-likeness (QED) is 0.274. The van der Waals surface area contributed by atoms with Crippen LogP contribution in [0.2, 0.25) is 0 Å². The van der Waals surface area contributed by atoms with Gasteiger partial charge in [-0.15, -0.1) is 10.2 Å². The van der Waals surface area contributed by atoms with Crippen molar-refractivity contribution in [2.24, 2.45) is 0 Å². The molecule has 0 amide bonds. The molecule has 0 atom stereocenters. The van der Waals surface area contributed by atoms with Gasteiger partial charge in [-0.25, -0.2) is 8.42 Å². The summed E-state index contributed by atoms with van der Waals surface area (Å²) in [6, 6.07) is 21.5. The summed E-state index contributed by atoms with van der Waals surface area (Å²) in [6.45, 7) is 0. The van der Waals surface area contributed by atoms with Crippen LogP contribution in [0, 0.1) is 0 Å². The van der Waals surface area contributed by atoms with E-state index in [1.54, 1.807) is 73.8 Å². The van der Waals surface area contributed by atoms with Crippen molar-refractivity contribution < 1.29 is 22.4 Å². The third kappa shape index (κ3) is 5.60. The summed E-state index contributed by atoms with van der Waals surface area (Å²) in [5.41, 5.74) is 1.59. The number of ketones is 1. The maximum absolute atomic E-state index is 12.4. The van der Waals surface area contributed by atoms with Gasteiger partial charge < -0.3 is 9.15 Å². The fraction of sp³-hybridized carbons (Fsp3) is 0.0870. The Morgan fingerprint density at radius 2 is 1.67 bits per heavy atom. The van der Waals surface area contributed by atoms with Gasteiger partial charge in [-0.05, 0) is 60.7 Å². The van der Waals surface area contributed by atoms with Crippen LogP contribution in [-0.2, 0) is 10.0 Å². The van der Waals surface area contributed by atoms with Crippen LogP contribution in [-0.4, -0.2) is 37.3 Å². The Balaban J connectivity index is 1.37. The van der Waals surface area contributed by atoms with Crippen molar-refractivity contribution in [1.82, 2.24) is 10.2 Å². The van der Waals surface area contributed by atoms with Crippen molar-refractivity contribution in [2.45, 2.75) is 10.1 Å². The number of carbonyl (C=O) groups is 1. The second-order valence-corrected chi connectivity index (χ2v) is 9.42. The van der Waals surface area contributed by atoms with Gasteiger partial charge in [0.15, 0.2) is 5.78 Å². The number of nitrogens with zero attached hydrogens (tertiary/aromatic N) is 2. The lowest BCUT2D eigenvalue weighted by Gasteiger charge is -2.08. The molecule has 0 saturated heterocycles. The highest BCUT2D eigenvalue weighted by Gasteiger charge is 2.15. The van der Waals surface area contributed by atoms with Crippen LogP contribution in [0.25, 0.3) is 11.5 Å². The Labute approximate surface area is 195 Å². The van der Waals surface area contributed by atoms with Crippen LogP contribution < -0.4 is 9.46 Å². The number of sulfonamides is 1. The minimum atomic E-state index is -3.67. The molecule has 3 aromatic carbocycles. The van der Waals surface area contributed by atoms with Gasteiger partial charge in [-0.2, -0.15) is 0 Å². The Hall–Kier alpha value is -3.63. The molecule has 0 spiro atoms. The van der Waals surface area contributed by atoms with Crippen LogP contribution in [0.5, 0.6) is 5.75 Å². The standard InChI is InChI=1S/C23H19N3O5S2/c1-30-19-13-9-16(10-14-19)21(27)15-32-23-25-24-22(31-23)17-7-11-18(12-8-17)26-33(28,29)20-5-3-2-4-6-20/h2-14,26H,15H2,1H3. The molecule has 0 saturated carbocycles. The SMILES string of the molecule is COc1ccc(C(=O)CSc2nnc(-c3ccc(NS(=O)(=O)c4ccccc4)cc3)o2)cc1. The molecule has 33 heavy (non-hydrogen) atoms. The number of nitrogens with one attached hydrogen (secondary N) is 1. The van der Waals surface area contributed by atoms with Gasteiger partial charge >= 0.3 is 0 Å². The van der Waals surface area contributed by atoms with Crippen LogP contribution in [0.15, 0.2) is 93.4 Å². The van der Waals surface area contributed by atoms with Crippen molar-refractivity contribution in [1.29, 1.82) is 0 Å². The molecule has 4 aromatic rings. The smallest absolute Gasteiger partial charge is 0.277 e. The van der Waals surface area contributed by atoms with Gasteiger partial charge in [0.2, 0.25) is 5.89 Å². The number of rotatable bonds is 9. The molecule has 10 heteroatoms. The third-order valence-corrected chi connectivity index (χ3v) is 6.80. The van der Waals surface area contributed by atoms with Crippen LogP contribution in [0.4, 0.5) is 5.69 Å². The molecule has 0 aliphatic carbocycles. The third-order valence-electron chi connectivity index (χ3n) is 4.58. The number of hydrogen-bond acceptors (Lipinski definition) is 8. The Bertz CT molecular complexity index is 1340. The highest BCUT2D eigenvalue weighted by molar-refractivity contribution is 7.99. The first kappa shape index (κ1) is 22.6. The highest BCUT2D eigenvalue weighted by Crippen LogP contribution is 2.26. The lowest BCUT2D eigenvalue weighted by Crippen LogP contribution is -2.12. The number of Topliss-reactive ketones (excluding diaryl/α,β-unsaturated/α-hetero) is 1. The monoisotopic (exact) mass is 481 g/mol. The first-order chi connectivity index (χ1) is 15.9. The molecular weight excluding hydrogens is 462 g/mol. The average Bonchev–Trinajstić information content (AvgIpc) is 3.32. The first-order valence-electron chi connectivity index (χ1n) is 9.76. The van der Waals surface area contributed by atoms with Crippen molar-refractivity contribution in [3.63, 3.8) is 0 Å². The number of benzene rings is 3. The van der Waals surface area contributed by atoms with Crippen molar-refractivity contribution in [3.05, 3.63) is 84.4 Å². The largest absolute Gasteiger partial charge is 0.497 e. The van der Waals surface area contributed by atoms with E-state index in [0.717, 1.165) is 11.8 Å². The summed E-state index contributed by atoms with van der Waals surface area (Å²) >= 11 is 1.14. The van der Waals surface area contributed by atoms with E-state index in [-0.39, 0.29) is 27.5 Å². The van der Waals surface area contributed by atoms with Gasteiger partial charge in [0.1, 0.15) is 5.75 Å². The lowest BCUT2D eigenvalue weighted by atomic mass is 10.1. The van der Waals surface area contributed by atoms with E-state index in [1.165, 1.54) is 12.1 Å². The minimum absolute atomic E-state index is 0.0718. The Morgan fingerprint density at radius 3 is 2.33 bits per heavy atom. The number of hydrogen-bond donors (Lipinski definition) is 1. The number of thioether (sulfide) groups is 1. The molecule has 0 fully saturated rings. The average molecular weight is 482 g/mol. The molecule has 1 heterocycles. The molecule has 0 radical (unpaired) electrons. The predicted molar refractivity (Wildman–Crippen MR) is 125 cm³/mol. The highest BCUT2D eigenvalue weighted by atomic mass is 32.2. The van der Waals surface area contributed by atoms with E-state index in [1.807, 2.05) is 0 Å². The lowest BCUT2D eigenvalue weighted by molar-refractivity contribution is 0.102. The summed E-state index contributed by atoms with van der Waals surface area (Å²) < 4.78 is 38.1. The van der Waals surface area contributed by atoms with E-state index in [2.05, 4.69) is 14.9 Å². The topological polar surface area (TPSA) is 111 Å². The van der Waals surface area contributed by atoms with Gasteiger partial charge in [0.25, 0.3) is 15.2 Å². The zero-order chi connectivity index (χ0) is 23.3. The number of aromatic nitrogens is 2. The number of ether oxygens (including phenoxy) is 1. The van der Waals surface area contributed by atoms with Gasteiger partial charge in [0.05, 0.1) is 17.8 Å². The summed E-state index contributed by atoms with van der Waals surface area (Å²) in [7, 11) is -2.11. The summed E-state index contributed by atoms with van der Waals surface area (Å²) in [5, 5.41) is 8.24. The summed E-state index contributed by atoms with van der Waals surface area (Å²) in [5.74, 6) is 1.03. The summed E-state index contributed by atoms with van der Waals surface area (Å²) in [6.07, 6.45) is 0. The fourth-order valence-corrected chi connectivity index (χ4v) is 4.60. The van der Waals surface area contributed by atoms with Crippen molar-refractivity contribution in [3.8, 4) is 17.2 Å².